The summed E-state index contributed by atoms with van der Waals surface area (Å²) in [7, 11) is 1.54. The largest absolute Gasteiger partial charge is 0.328 e. The number of guanidine groups is 1. The second-order valence-electron chi connectivity index (χ2n) is 10.1. The molecule has 43 heavy (non-hydrogen) atoms. The van der Waals surface area contributed by atoms with Crippen molar-refractivity contribution >= 4 is 73.5 Å². The Bertz CT molecular complexity index is 1650. The van der Waals surface area contributed by atoms with Crippen LogP contribution in [0.25, 0.3) is 10.2 Å². The van der Waals surface area contributed by atoms with Crippen molar-refractivity contribution < 1.29 is 9.59 Å². The molecule has 4 N–H and O–H groups in total. The van der Waals surface area contributed by atoms with Crippen molar-refractivity contribution in [1.29, 1.82) is 5.41 Å². The first-order chi connectivity index (χ1) is 20.8. The van der Waals surface area contributed by atoms with Gasteiger partial charge in [0.25, 0.3) is 5.91 Å². The van der Waals surface area contributed by atoms with Gasteiger partial charge in [0.2, 0.25) is 5.96 Å². The number of carbonyl (C=O) groups is 2. The predicted octanol–water partition coefficient (Wildman–Crippen LogP) is 8.14. The topological polar surface area (TPSA) is 135 Å². The Morgan fingerprint density at radius 1 is 1.05 bits per heavy atom. The number of aromatic nitrogens is 1. The van der Waals surface area contributed by atoms with Crippen LogP contribution in [-0.2, 0) is 6.54 Å². The number of hydrogen-bond donors (Lipinski definition) is 4. The van der Waals surface area contributed by atoms with Gasteiger partial charge in [-0.05, 0) is 66.3 Å². The zero-order valence-electron chi connectivity index (χ0n) is 23.4. The molecule has 4 aromatic rings. The molecule has 0 saturated heterocycles. The van der Waals surface area contributed by atoms with Crippen LogP contribution in [0.3, 0.4) is 0 Å². The number of halogens is 2. The highest BCUT2D eigenvalue weighted by Crippen LogP contribution is 2.35. The highest BCUT2D eigenvalue weighted by molar-refractivity contribution is 7.22. The van der Waals surface area contributed by atoms with E-state index in [4.69, 9.17) is 28.6 Å². The summed E-state index contributed by atoms with van der Waals surface area (Å²) in [5.41, 5.74) is 6.15. The van der Waals surface area contributed by atoms with Crippen molar-refractivity contribution in [2.24, 2.45) is 10.3 Å². The molecule has 1 saturated carbocycles. The van der Waals surface area contributed by atoms with Gasteiger partial charge < -0.3 is 0 Å². The summed E-state index contributed by atoms with van der Waals surface area (Å²) in [5, 5.41) is 21.2. The van der Waals surface area contributed by atoms with Crippen molar-refractivity contribution in [2.45, 2.75) is 44.6 Å². The second kappa shape index (κ2) is 13.9. The van der Waals surface area contributed by atoms with Crippen LogP contribution in [-0.4, -0.2) is 29.9 Å². The number of fused-ring (bicyclic) bond motifs is 1. The van der Waals surface area contributed by atoms with Crippen LogP contribution in [0.4, 0.5) is 15.6 Å². The summed E-state index contributed by atoms with van der Waals surface area (Å²) in [6.07, 6.45) is 6.15. The van der Waals surface area contributed by atoms with E-state index in [0.29, 0.717) is 32.2 Å². The summed E-state index contributed by atoms with van der Waals surface area (Å²) in [6.45, 7) is 0.236. The Hall–Kier alpha value is -4.06. The minimum absolute atomic E-state index is 0.236. The first-order valence-corrected chi connectivity index (χ1v) is 15.4. The van der Waals surface area contributed by atoms with Gasteiger partial charge in [-0.2, -0.15) is 0 Å². The maximum absolute atomic E-state index is 13.7. The number of carbonyl (C=O) groups excluding carboxylic acids is 2. The molecule has 0 bridgehead atoms. The van der Waals surface area contributed by atoms with Gasteiger partial charge >= 0.3 is 6.03 Å². The van der Waals surface area contributed by atoms with E-state index in [1.807, 2.05) is 12.1 Å². The molecule has 1 aliphatic rings. The lowest BCUT2D eigenvalue weighted by Crippen LogP contribution is -2.34. The normalized spacial score (nSPS) is 13.7. The maximum Gasteiger partial charge on any atom is 0.328 e. The monoisotopic (exact) mass is 636 g/mol. The molecule has 0 aliphatic heterocycles. The molecule has 0 spiro atoms. The van der Waals surface area contributed by atoms with Gasteiger partial charge in [0.05, 0.1) is 16.3 Å². The van der Waals surface area contributed by atoms with Gasteiger partial charge in [-0.1, -0.05) is 88.4 Å². The Balaban J connectivity index is 1.37. The molecular formula is C30H30Cl2N8O2S. The van der Waals surface area contributed by atoms with E-state index < -0.39 is 5.91 Å². The van der Waals surface area contributed by atoms with E-state index in [0.717, 1.165) is 16.0 Å². The van der Waals surface area contributed by atoms with Gasteiger partial charge in [0, 0.05) is 23.3 Å². The van der Waals surface area contributed by atoms with E-state index in [2.05, 4.69) is 43.5 Å². The van der Waals surface area contributed by atoms with Crippen molar-refractivity contribution in [3.05, 3.63) is 87.4 Å². The molecule has 222 valence electrons. The lowest BCUT2D eigenvalue weighted by atomic mass is 9.84. The number of nitrogens with zero attached hydrogens (tertiary/aromatic N) is 4. The first kappa shape index (κ1) is 30.4. The van der Waals surface area contributed by atoms with E-state index >= 15 is 0 Å². The number of benzene rings is 3. The molecule has 3 amide bonds. The minimum atomic E-state index is -0.492. The minimum Gasteiger partial charge on any atom is -0.294 e. The van der Waals surface area contributed by atoms with Gasteiger partial charge in [-0.3, -0.25) is 31.2 Å². The molecule has 1 aliphatic carbocycles. The van der Waals surface area contributed by atoms with Crippen LogP contribution in [0.1, 0.15) is 59.5 Å². The van der Waals surface area contributed by atoms with E-state index in [1.165, 1.54) is 56.1 Å². The van der Waals surface area contributed by atoms with E-state index in [9.17, 15) is 9.59 Å². The zero-order valence-corrected chi connectivity index (χ0v) is 25.7. The average molecular weight is 638 g/mol. The number of nitrogens with one attached hydrogen (secondary N) is 4. The van der Waals surface area contributed by atoms with Crippen molar-refractivity contribution in [3.63, 3.8) is 0 Å². The van der Waals surface area contributed by atoms with Gasteiger partial charge in [-0.25, -0.2) is 9.78 Å². The lowest BCUT2D eigenvalue weighted by Gasteiger charge is -2.25. The van der Waals surface area contributed by atoms with Gasteiger partial charge in [0.15, 0.2) is 5.13 Å². The Morgan fingerprint density at radius 2 is 1.77 bits per heavy atom. The average Bonchev–Trinajstić information content (AvgIpc) is 3.42. The number of hydrogen-bond acceptors (Lipinski definition) is 6. The zero-order chi connectivity index (χ0) is 30.3. The van der Waals surface area contributed by atoms with Crippen molar-refractivity contribution in [2.75, 3.05) is 17.3 Å². The maximum atomic E-state index is 13.7. The van der Waals surface area contributed by atoms with Crippen LogP contribution in [0, 0.1) is 5.41 Å². The van der Waals surface area contributed by atoms with Crippen molar-refractivity contribution in [3.8, 4) is 0 Å². The van der Waals surface area contributed by atoms with Crippen LogP contribution < -0.4 is 21.0 Å². The summed E-state index contributed by atoms with van der Waals surface area (Å²) in [6, 6.07) is 18.0. The molecule has 0 unspecified atom stereocenters. The number of amides is 3. The third-order valence-electron chi connectivity index (χ3n) is 7.19. The highest BCUT2D eigenvalue weighted by atomic mass is 35.5. The SMILES string of the molecule is CN/N=N\C(=N)NC(=O)c1ccc(CN(C(=O)Nc2nc3c(Cl)cc(Cl)cc3s2)c2ccc(C3CCCCC3)cc2)cc1. The molecular weight excluding hydrogens is 607 g/mol. The Kier molecular flexibility index (Phi) is 9.86. The summed E-state index contributed by atoms with van der Waals surface area (Å²) in [4.78, 5) is 32.4. The first-order valence-electron chi connectivity index (χ1n) is 13.8. The van der Waals surface area contributed by atoms with Crippen molar-refractivity contribution in [1.82, 2.24) is 15.7 Å². The molecule has 1 aromatic heterocycles. The third-order valence-corrected chi connectivity index (χ3v) is 8.62. The molecule has 13 heteroatoms. The molecule has 1 heterocycles. The summed E-state index contributed by atoms with van der Waals surface area (Å²) >= 11 is 13.8. The van der Waals surface area contributed by atoms with Crippen LogP contribution in [0.2, 0.25) is 10.0 Å². The number of urea groups is 1. The van der Waals surface area contributed by atoms with Crippen LogP contribution in [0.15, 0.2) is 71.0 Å². The highest BCUT2D eigenvalue weighted by Gasteiger charge is 2.21. The Labute approximate surface area is 263 Å². The summed E-state index contributed by atoms with van der Waals surface area (Å²) < 4.78 is 0.769. The summed E-state index contributed by atoms with van der Waals surface area (Å²) in [5.74, 6) is -0.334. The standard InChI is InChI=1S/C30H30Cl2N8O2S/c1-34-39-38-28(33)36-27(41)21-9-7-18(8-10-21)17-40(23-13-11-20(12-14-23)19-5-3-2-4-6-19)30(42)37-29-35-26-24(32)15-22(31)16-25(26)43-29/h7-16,19H,2-6,17H2,1H3,(H,35,37,42)(H3,33,34,36,38,41). The fourth-order valence-corrected chi connectivity index (χ4v) is 6.64. The molecule has 5 rings (SSSR count). The lowest BCUT2D eigenvalue weighted by molar-refractivity contribution is 0.0976. The molecule has 10 nitrogen and oxygen atoms in total. The van der Waals surface area contributed by atoms with E-state index in [1.54, 1.807) is 41.3 Å². The number of thiazole rings is 1. The van der Waals surface area contributed by atoms with Crippen LogP contribution in [0.5, 0.6) is 0 Å². The number of anilines is 2. The smallest absolute Gasteiger partial charge is 0.294 e. The van der Waals surface area contributed by atoms with Gasteiger partial charge in [-0.15, -0.1) is 0 Å². The van der Waals surface area contributed by atoms with Crippen LogP contribution >= 0.6 is 34.5 Å². The fourth-order valence-electron chi connectivity index (χ4n) is 5.06. The van der Waals surface area contributed by atoms with Gasteiger partial charge in [0.1, 0.15) is 5.52 Å². The van der Waals surface area contributed by atoms with E-state index in [-0.39, 0.29) is 18.5 Å². The second-order valence-corrected chi connectivity index (χ2v) is 12.0. The quantitative estimate of drug-likeness (QED) is 0.0704. The molecule has 3 aromatic carbocycles. The molecule has 0 atom stereocenters. The fraction of sp³-hybridized carbons (Fsp3) is 0.267. The Morgan fingerprint density at radius 3 is 2.47 bits per heavy atom. The molecule has 0 radical (unpaired) electrons. The third kappa shape index (κ3) is 7.67. The number of rotatable bonds is 7. The predicted molar refractivity (Wildman–Crippen MR) is 173 cm³/mol. The molecule has 1 fully saturated rings.